The van der Waals surface area contributed by atoms with Crippen molar-refractivity contribution in [1.29, 1.82) is 0 Å². The van der Waals surface area contributed by atoms with Gasteiger partial charge in [-0.15, -0.1) is 0 Å². The van der Waals surface area contributed by atoms with E-state index in [1.54, 1.807) is 12.1 Å². The zero-order valence-electron chi connectivity index (χ0n) is 8.91. The zero-order chi connectivity index (χ0) is 10.6. The molecule has 0 spiro atoms. The smallest absolute Gasteiger partial charge is 0.311 e. The summed E-state index contributed by atoms with van der Waals surface area (Å²) in [4.78, 5) is 11.4. The van der Waals surface area contributed by atoms with Crippen LogP contribution in [0.15, 0.2) is 30.3 Å². The Bertz CT molecular complexity index is 296. The molecule has 0 amide bonds. The molecular formula is C12H16O2. The van der Waals surface area contributed by atoms with Gasteiger partial charge in [-0.25, -0.2) is 0 Å². The van der Waals surface area contributed by atoms with E-state index in [1.165, 1.54) is 0 Å². The summed E-state index contributed by atoms with van der Waals surface area (Å²) in [7, 11) is 0. The molecule has 0 unspecified atom stereocenters. The number of carbonyl (C=O) groups is 1. The van der Waals surface area contributed by atoms with Gasteiger partial charge < -0.3 is 4.74 Å². The van der Waals surface area contributed by atoms with E-state index in [-0.39, 0.29) is 11.4 Å². The van der Waals surface area contributed by atoms with Crippen LogP contribution in [0, 0.1) is 5.41 Å². The van der Waals surface area contributed by atoms with Crippen molar-refractivity contribution in [3.63, 3.8) is 0 Å². The molecule has 0 heterocycles. The van der Waals surface area contributed by atoms with Crippen molar-refractivity contribution >= 4 is 5.97 Å². The molecule has 1 aromatic rings. The lowest BCUT2D eigenvalue weighted by Gasteiger charge is -2.16. The van der Waals surface area contributed by atoms with Crippen LogP contribution in [0.4, 0.5) is 0 Å². The first-order valence-electron chi connectivity index (χ1n) is 4.73. The molecule has 0 aliphatic carbocycles. The zero-order valence-corrected chi connectivity index (χ0v) is 8.91. The van der Waals surface area contributed by atoms with Gasteiger partial charge in [0.25, 0.3) is 0 Å². The van der Waals surface area contributed by atoms with Gasteiger partial charge in [0, 0.05) is 0 Å². The predicted octanol–water partition coefficient (Wildman–Crippen LogP) is 3.03. The van der Waals surface area contributed by atoms with E-state index in [9.17, 15) is 4.79 Å². The number of para-hydroxylation sites is 1. The second-order valence-corrected chi connectivity index (χ2v) is 4.52. The van der Waals surface area contributed by atoms with Gasteiger partial charge in [-0.2, -0.15) is 0 Å². The molecule has 0 aliphatic rings. The third-order valence-electron chi connectivity index (χ3n) is 1.65. The number of benzene rings is 1. The maximum Gasteiger partial charge on any atom is 0.311 e. The summed E-state index contributed by atoms with van der Waals surface area (Å²) < 4.78 is 5.15. The van der Waals surface area contributed by atoms with Gasteiger partial charge >= 0.3 is 5.97 Å². The molecule has 0 aliphatic heterocycles. The number of hydrogen-bond donors (Lipinski definition) is 0. The Morgan fingerprint density at radius 3 is 2.29 bits per heavy atom. The highest BCUT2D eigenvalue weighted by Crippen LogP contribution is 2.20. The summed E-state index contributed by atoms with van der Waals surface area (Å²) in [6.45, 7) is 6.04. The standard InChI is InChI=1S/C12H16O2/c1-12(2,3)9-11(13)14-10-7-5-4-6-8-10/h4-8H,9H2,1-3H3. The van der Waals surface area contributed by atoms with E-state index < -0.39 is 0 Å². The Balaban J connectivity index is 2.50. The van der Waals surface area contributed by atoms with Gasteiger partial charge in [0.05, 0.1) is 6.42 Å². The number of hydrogen-bond acceptors (Lipinski definition) is 2. The van der Waals surface area contributed by atoms with E-state index >= 15 is 0 Å². The maximum atomic E-state index is 11.4. The first-order valence-corrected chi connectivity index (χ1v) is 4.73. The predicted molar refractivity (Wildman–Crippen MR) is 56.1 cm³/mol. The van der Waals surface area contributed by atoms with E-state index in [4.69, 9.17) is 4.74 Å². The van der Waals surface area contributed by atoms with Crippen LogP contribution in [0.2, 0.25) is 0 Å². The van der Waals surface area contributed by atoms with Gasteiger partial charge in [0.1, 0.15) is 5.75 Å². The summed E-state index contributed by atoms with van der Waals surface area (Å²) >= 11 is 0. The average Bonchev–Trinajstić information content (AvgIpc) is 2.02. The molecule has 0 fully saturated rings. The first-order chi connectivity index (χ1) is 6.47. The Morgan fingerprint density at radius 2 is 1.79 bits per heavy atom. The fourth-order valence-electron chi connectivity index (χ4n) is 1.09. The van der Waals surface area contributed by atoms with Crippen molar-refractivity contribution in [3.8, 4) is 5.75 Å². The Kier molecular flexibility index (Phi) is 3.28. The topological polar surface area (TPSA) is 26.3 Å². The monoisotopic (exact) mass is 192 g/mol. The van der Waals surface area contributed by atoms with E-state index in [1.807, 2.05) is 39.0 Å². The highest BCUT2D eigenvalue weighted by atomic mass is 16.5. The largest absolute Gasteiger partial charge is 0.427 e. The Hall–Kier alpha value is -1.31. The fourth-order valence-corrected chi connectivity index (χ4v) is 1.09. The normalized spacial score (nSPS) is 11.1. The molecule has 0 saturated heterocycles. The van der Waals surface area contributed by atoms with Gasteiger partial charge in [-0.3, -0.25) is 4.79 Å². The Morgan fingerprint density at radius 1 is 1.21 bits per heavy atom. The van der Waals surface area contributed by atoms with Gasteiger partial charge in [0.15, 0.2) is 0 Å². The van der Waals surface area contributed by atoms with Crippen molar-refractivity contribution in [1.82, 2.24) is 0 Å². The molecule has 76 valence electrons. The molecule has 0 aromatic heterocycles. The molecule has 2 nitrogen and oxygen atoms in total. The fraction of sp³-hybridized carbons (Fsp3) is 0.417. The summed E-state index contributed by atoms with van der Waals surface area (Å²) in [6.07, 6.45) is 0.432. The Labute approximate surface area is 84.9 Å². The summed E-state index contributed by atoms with van der Waals surface area (Å²) in [5, 5.41) is 0. The van der Waals surface area contributed by atoms with Crippen LogP contribution in [-0.4, -0.2) is 5.97 Å². The highest BCUT2D eigenvalue weighted by molar-refractivity contribution is 5.72. The number of esters is 1. The van der Waals surface area contributed by atoms with Crippen LogP contribution in [-0.2, 0) is 4.79 Å². The van der Waals surface area contributed by atoms with Crippen molar-refractivity contribution in [2.45, 2.75) is 27.2 Å². The van der Waals surface area contributed by atoms with Crippen LogP contribution >= 0.6 is 0 Å². The number of carbonyl (C=O) groups excluding carboxylic acids is 1. The van der Waals surface area contributed by atoms with E-state index in [0.717, 1.165) is 0 Å². The van der Waals surface area contributed by atoms with E-state index in [0.29, 0.717) is 12.2 Å². The van der Waals surface area contributed by atoms with Crippen LogP contribution in [0.25, 0.3) is 0 Å². The number of rotatable bonds is 2. The van der Waals surface area contributed by atoms with Crippen molar-refractivity contribution in [2.24, 2.45) is 5.41 Å². The lowest BCUT2D eigenvalue weighted by molar-refractivity contribution is -0.136. The van der Waals surface area contributed by atoms with Gasteiger partial charge in [-0.1, -0.05) is 39.0 Å². The van der Waals surface area contributed by atoms with Crippen molar-refractivity contribution < 1.29 is 9.53 Å². The molecule has 1 rings (SSSR count). The second kappa shape index (κ2) is 4.27. The van der Waals surface area contributed by atoms with Crippen LogP contribution < -0.4 is 4.74 Å². The molecular weight excluding hydrogens is 176 g/mol. The molecule has 14 heavy (non-hydrogen) atoms. The summed E-state index contributed by atoms with van der Waals surface area (Å²) in [6, 6.07) is 9.14. The van der Waals surface area contributed by atoms with Crippen LogP contribution in [0.3, 0.4) is 0 Å². The lowest BCUT2D eigenvalue weighted by Crippen LogP contribution is -2.17. The van der Waals surface area contributed by atoms with Gasteiger partial charge in [0.2, 0.25) is 0 Å². The molecule has 2 heteroatoms. The third-order valence-corrected chi connectivity index (χ3v) is 1.65. The average molecular weight is 192 g/mol. The second-order valence-electron chi connectivity index (χ2n) is 4.52. The van der Waals surface area contributed by atoms with Crippen LogP contribution in [0.1, 0.15) is 27.2 Å². The molecule has 0 bridgehead atoms. The highest BCUT2D eigenvalue weighted by Gasteiger charge is 2.17. The molecule has 0 atom stereocenters. The lowest BCUT2D eigenvalue weighted by atomic mass is 9.92. The minimum absolute atomic E-state index is 0.0220. The molecule has 0 saturated carbocycles. The minimum Gasteiger partial charge on any atom is -0.427 e. The van der Waals surface area contributed by atoms with E-state index in [2.05, 4.69) is 0 Å². The molecule has 1 aromatic carbocycles. The quantitative estimate of drug-likeness (QED) is 0.532. The number of ether oxygens (including phenoxy) is 1. The summed E-state index contributed by atoms with van der Waals surface area (Å²) in [5.74, 6) is 0.436. The molecule has 0 N–H and O–H groups in total. The van der Waals surface area contributed by atoms with Crippen LogP contribution in [0.5, 0.6) is 5.75 Å². The summed E-state index contributed by atoms with van der Waals surface area (Å²) in [5.41, 5.74) is -0.0220. The molecule has 0 radical (unpaired) electrons. The van der Waals surface area contributed by atoms with Crippen molar-refractivity contribution in [3.05, 3.63) is 30.3 Å². The maximum absolute atomic E-state index is 11.4. The van der Waals surface area contributed by atoms with Crippen molar-refractivity contribution in [2.75, 3.05) is 0 Å². The van der Waals surface area contributed by atoms with Gasteiger partial charge in [-0.05, 0) is 17.5 Å². The third kappa shape index (κ3) is 4.08. The first kappa shape index (κ1) is 10.8. The SMILES string of the molecule is CC(C)(C)CC(=O)Oc1ccccc1. The minimum atomic E-state index is -0.177.